The van der Waals surface area contributed by atoms with Crippen LogP contribution in [0.4, 0.5) is 4.79 Å². The van der Waals surface area contributed by atoms with Crippen molar-refractivity contribution in [2.24, 2.45) is 5.92 Å². The third kappa shape index (κ3) is 4.31. The van der Waals surface area contributed by atoms with Gasteiger partial charge in [0, 0.05) is 13.7 Å². The molecule has 148 valence electrons. The molecule has 1 saturated heterocycles. The lowest BCUT2D eigenvalue weighted by Crippen LogP contribution is -2.40. The first kappa shape index (κ1) is 18.8. The SMILES string of the molecule is COCCCCCC1CCc2cc([C@H]3CC[C@]4(COC(=O)N4)C3)ccc2C1. The van der Waals surface area contributed by atoms with E-state index in [1.54, 1.807) is 18.2 Å². The summed E-state index contributed by atoms with van der Waals surface area (Å²) in [5.41, 5.74) is 4.49. The van der Waals surface area contributed by atoms with Gasteiger partial charge >= 0.3 is 6.09 Å². The number of nitrogens with one attached hydrogen (secondary N) is 1. The number of benzene rings is 1. The molecule has 1 aliphatic heterocycles. The molecule has 3 atom stereocenters. The zero-order valence-corrected chi connectivity index (χ0v) is 16.6. The molecule has 0 aromatic heterocycles. The van der Waals surface area contributed by atoms with Gasteiger partial charge in [0.15, 0.2) is 0 Å². The Morgan fingerprint density at radius 3 is 2.96 bits per heavy atom. The highest BCUT2D eigenvalue weighted by Crippen LogP contribution is 2.43. The number of cyclic esters (lactones) is 1. The van der Waals surface area contributed by atoms with Gasteiger partial charge in [-0.1, -0.05) is 37.5 Å². The smallest absolute Gasteiger partial charge is 0.407 e. The summed E-state index contributed by atoms with van der Waals surface area (Å²) in [5.74, 6) is 1.40. The van der Waals surface area contributed by atoms with Crippen LogP contribution in [0, 0.1) is 5.92 Å². The van der Waals surface area contributed by atoms with Gasteiger partial charge in [-0.3, -0.25) is 0 Å². The summed E-state index contributed by atoms with van der Waals surface area (Å²) < 4.78 is 10.3. The summed E-state index contributed by atoms with van der Waals surface area (Å²) in [7, 11) is 1.79. The van der Waals surface area contributed by atoms with Crippen molar-refractivity contribution in [1.29, 1.82) is 0 Å². The molecule has 1 unspecified atom stereocenters. The minimum Gasteiger partial charge on any atom is -0.447 e. The van der Waals surface area contributed by atoms with Crippen LogP contribution in [-0.4, -0.2) is 32.0 Å². The van der Waals surface area contributed by atoms with Crippen LogP contribution in [-0.2, 0) is 22.3 Å². The summed E-state index contributed by atoms with van der Waals surface area (Å²) >= 11 is 0. The fourth-order valence-electron chi connectivity index (χ4n) is 5.35. The van der Waals surface area contributed by atoms with E-state index in [1.165, 1.54) is 50.5 Å². The molecule has 1 spiro atoms. The number of carbonyl (C=O) groups is 1. The van der Waals surface area contributed by atoms with E-state index in [9.17, 15) is 4.79 Å². The lowest BCUT2D eigenvalue weighted by Gasteiger charge is -2.26. The Bertz CT molecular complexity index is 674. The van der Waals surface area contributed by atoms with Crippen LogP contribution in [0.5, 0.6) is 0 Å². The molecule has 27 heavy (non-hydrogen) atoms. The van der Waals surface area contributed by atoms with Crippen LogP contribution in [0.15, 0.2) is 18.2 Å². The van der Waals surface area contributed by atoms with Crippen LogP contribution >= 0.6 is 0 Å². The number of carbonyl (C=O) groups excluding carboxylic acids is 1. The quantitative estimate of drug-likeness (QED) is 0.704. The first-order valence-corrected chi connectivity index (χ1v) is 10.7. The number of hydrogen-bond acceptors (Lipinski definition) is 3. The maximum Gasteiger partial charge on any atom is 0.407 e. The van der Waals surface area contributed by atoms with E-state index in [-0.39, 0.29) is 11.6 Å². The predicted molar refractivity (Wildman–Crippen MR) is 106 cm³/mol. The number of aryl methyl sites for hydroxylation is 1. The Morgan fingerprint density at radius 2 is 2.15 bits per heavy atom. The van der Waals surface area contributed by atoms with Crippen molar-refractivity contribution in [3.8, 4) is 0 Å². The van der Waals surface area contributed by atoms with Crippen LogP contribution in [0.2, 0.25) is 0 Å². The first-order valence-electron chi connectivity index (χ1n) is 10.7. The van der Waals surface area contributed by atoms with Crippen molar-refractivity contribution in [3.05, 3.63) is 34.9 Å². The van der Waals surface area contributed by atoms with E-state index in [4.69, 9.17) is 9.47 Å². The molecule has 3 aliphatic rings. The molecule has 1 aromatic carbocycles. The second-order valence-electron chi connectivity index (χ2n) is 8.90. The standard InChI is InChI=1S/C23H33NO3/c1-26-12-4-2-3-5-17-6-7-19-14-20(9-8-18(19)13-17)21-10-11-23(15-21)16-27-22(25)24-23/h8-9,14,17,21H,2-7,10-13,15-16H2,1H3,(H,24,25)/t17?,21-,23+/m0/s1. The number of ether oxygens (including phenoxy) is 2. The highest BCUT2D eigenvalue weighted by Gasteiger charge is 2.46. The second-order valence-corrected chi connectivity index (χ2v) is 8.90. The van der Waals surface area contributed by atoms with Crippen LogP contribution in [0.25, 0.3) is 0 Å². The molecule has 1 aromatic rings. The van der Waals surface area contributed by atoms with Gasteiger partial charge < -0.3 is 14.8 Å². The second kappa shape index (κ2) is 8.22. The lowest BCUT2D eigenvalue weighted by atomic mass is 9.79. The van der Waals surface area contributed by atoms with Gasteiger partial charge in [0.2, 0.25) is 0 Å². The number of fused-ring (bicyclic) bond motifs is 1. The first-order chi connectivity index (χ1) is 13.2. The van der Waals surface area contributed by atoms with Gasteiger partial charge in [0.25, 0.3) is 0 Å². The molecular weight excluding hydrogens is 338 g/mol. The fourth-order valence-corrected chi connectivity index (χ4v) is 5.35. The number of rotatable bonds is 7. The molecule has 0 radical (unpaired) electrons. The van der Waals surface area contributed by atoms with E-state index in [2.05, 4.69) is 23.5 Å². The summed E-state index contributed by atoms with van der Waals surface area (Å²) in [4.78, 5) is 11.5. The Labute approximate surface area is 163 Å². The van der Waals surface area contributed by atoms with Gasteiger partial charge in [0.1, 0.15) is 6.61 Å². The van der Waals surface area contributed by atoms with Crippen molar-refractivity contribution < 1.29 is 14.3 Å². The zero-order chi connectivity index (χ0) is 18.7. The van der Waals surface area contributed by atoms with Crippen LogP contribution in [0.1, 0.15) is 74.0 Å². The van der Waals surface area contributed by atoms with E-state index >= 15 is 0 Å². The number of unbranched alkanes of at least 4 members (excludes halogenated alkanes) is 2. The molecule has 2 fully saturated rings. The molecule has 1 N–H and O–H groups in total. The molecule has 0 bridgehead atoms. The molecule has 2 aliphatic carbocycles. The maximum atomic E-state index is 11.5. The monoisotopic (exact) mass is 371 g/mol. The highest BCUT2D eigenvalue weighted by atomic mass is 16.6. The van der Waals surface area contributed by atoms with Crippen molar-refractivity contribution in [3.63, 3.8) is 0 Å². The van der Waals surface area contributed by atoms with Crippen molar-refractivity contribution in [2.45, 2.75) is 75.7 Å². The summed E-state index contributed by atoms with van der Waals surface area (Å²) in [6.07, 6.45) is 11.9. The third-order valence-corrected chi connectivity index (χ3v) is 6.95. The van der Waals surface area contributed by atoms with Gasteiger partial charge in [-0.25, -0.2) is 4.79 Å². The number of hydrogen-bond donors (Lipinski definition) is 1. The Morgan fingerprint density at radius 1 is 1.22 bits per heavy atom. The minimum atomic E-state index is -0.241. The summed E-state index contributed by atoms with van der Waals surface area (Å²) in [6, 6.07) is 7.20. The molecular formula is C23H33NO3. The van der Waals surface area contributed by atoms with Gasteiger partial charge in [-0.05, 0) is 73.5 Å². The van der Waals surface area contributed by atoms with Crippen molar-refractivity contribution >= 4 is 6.09 Å². The Balaban J connectivity index is 1.32. The summed E-state index contributed by atoms with van der Waals surface area (Å²) in [6.45, 7) is 1.44. The average molecular weight is 372 g/mol. The molecule has 1 amide bonds. The average Bonchev–Trinajstić information content (AvgIpc) is 3.27. The van der Waals surface area contributed by atoms with Crippen molar-refractivity contribution in [2.75, 3.05) is 20.3 Å². The van der Waals surface area contributed by atoms with Gasteiger partial charge in [0.05, 0.1) is 5.54 Å². The Kier molecular flexibility index (Phi) is 5.72. The molecule has 1 heterocycles. The minimum absolute atomic E-state index is 0.106. The highest BCUT2D eigenvalue weighted by molar-refractivity contribution is 5.70. The number of amides is 1. The zero-order valence-electron chi connectivity index (χ0n) is 16.6. The maximum absolute atomic E-state index is 11.5. The molecule has 4 nitrogen and oxygen atoms in total. The van der Waals surface area contributed by atoms with Gasteiger partial charge in [-0.2, -0.15) is 0 Å². The van der Waals surface area contributed by atoms with E-state index in [0.717, 1.165) is 31.8 Å². The normalized spacial score (nSPS) is 29.6. The Hall–Kier alpha value is -1.55. The molecule has 1 saturated carbocycles. The molecule has 4 heteroatoms. The van der Waals surface area contributed by atoms with Crippen LogP contribution < -0.4 is 5.32 Å². The molecule has 4 rings (SSSR count). The fraction of sp³-hybridized carbons (Fsp3) is 0.696. The van der Waals surface area contributed by atoms with E-state index < -0.39 is 0 Å². The van der Waals surface area contributed by atoms with Crippen LogP contribution in [0.3, 0.4) is 0 Å². The predicted octanol–water partition coefficient (Wildman–Crippen LogP) is 4.74. The van der Waals surface area contributed by atoms with E-state index in [0.29, 0.717) is 12.5 Å². The number of alkyl carbamates (subject to hydrolysis) is 1. The topological polar surface area (TPSA) is 47.6 Å². The summed E-state index contributed by atoms with van der Waals surface area (Å²) in [5, 5.41) is 3.06. The number of methoxy groups -OCH3 is 1. The van der Waals surface area contributed by atoms with Gasteiger partial charge in [-0.15, -0.1) is 0 Å². The van der Waals surface area contributed by atoms with E-state index in [1.807, 2.05) is 0 Å². The third-order valence-electron chi connectivity index (χ3n) is 6.95. The lowest BCUT2D eigenvalue weighted by molar-refractivity contribution is 0.172. The van der Waals surface area contributed by atoms with Crippen molar-refractivity contribution in [1.82, 2.24) is 5.32 Å². The largest absolute Gasteiger partial charge is 0.447 e.